The van der Waals surface area contributed by atoms with E-state index >= 15 is 0 Å². The van der Waals surface area contributed by atoms with Crippen LogP contribution in [0.4, 0.5) is 4.79 Å². The smallest absolute Gasteiger partial charge is 0.407 e. The molecule has 0 fully saturated rings. The van der Waals surface area contributed by atoms with Crippen molar-refractivity contribution in [1.29, 1.82) is 0 Å². The zero-order valence-electron chi connectivity index (χ0n) is 9.36. The van der Waals surface area contributed by atoms with Gasteiger partial charge in [0.1, 0.15) is 0 Å². The molecule has 0 aliphatic carbocycles. The van der Waals surface area contributed by atoms with Crippen LogP contribution in [0.5, 0.6) is 0 Å². The Labute approximate surface area is 90.4 Å². The van der Waals surface area contributed by atoms with E-state index < -0.39 is 6.09 Å². The molecule has 1 N–H and O–H groups in total. The maximum absolute atomic E-state index is 11.2. The summed E-state index contributed by atoms with van der Waals surface area (Å²) in [7, 11) is 1.37. The van der Waals surface area contributed by atoms with E-state index in [2.05, 4.69) is 23.9 Å². The summed E-state index contributed by atoms with van der Waals surface area (Å²) in [6.07, 6.45) is -0.391. The molecule has 0 unspecified atom stereocenters. The van der Waals surface area contributed by atoms with E-state index in [0.717, 1.165) is 5.56 Å². The third kappa shape index (κ3) is 3.27. The predicted octanol–water partition coefficient (Wildman–Crippen LogP) is 2.74. The van der Waals surface area contributed by atoms with Crippen LogP contribution in [0.25, 0.3) is 0 Å². The summed E-state index contributed by atoms with van der Waals surface area (Å²) in [5.74, 6) is 0.325. The molecular weight excluding hydrogens is 190 g/mol. The molecule has 3 nitrogen and oxygen atoms in total. The molecule has 1 aromatic rings. The minimum atomic E-state index is -0.391. The number of carbonyl (C=O) groups is 1. The molecule has 15 heavy (non-hydrogen) atoms. The van der Waals surface area contributed by atoms with E-state index in [1.165, 1.54) is 7.11 Å². The van der Waals surface area contributed by atoms with E-state index in [1.807, 2.05) is 30.3 Å². The molecule has 0 bridgehead atoms. The Balaban J connectivity index is 2.79. The molecule has 1 rings (SSSR count). The highest BCUT2D eigenvalue weighted by molar-refractivity contribution is 5.67. The number of rotatable bonds is 3. The van der Waals surface area contributed by atoms with Crippen molar-refractivity contribution in [2.24, 2.45) is 5.92 Å². The zero-order valence-corrected chi connectivity index (χ0v) is 9.36. The van der Waals surface area contributed by atoms with Crippen molar-refractivity contribution in [3.63, 3.8) is 0 Å². The lowest BCUT2D eigenvalue weighted by molar-refractivity contribution is 0.163. The fourth-order valence-electron chi connectivity index (χ4n) is 1.48. The van der Waals surface area contributed by atoms with Gasteiger partial charge in [-0.3, -0.25) is 0 Å². The van der Waals surface area contributed by atoms with Gasteiger partial charge in [-0.2, -0.15) is 0 Å². The van der Waals surface area contributed by atoms with Gasteiger partial charge in [-0.25, -0.2) is 4.79 Å². The molecule has 0 spiro atoms. The second-order valence-corrected chi connectivity index (χ2v) is 3.77. The van der Waals surface area contributed by atoms with Crippen molar-refractivity contribution in [2.45, 2.75) is 19.9 Å². The SMILES string of the molecule is COC(=O)N[C@H](c1ccccc1)C(C)C. The molecule has 0 aliphatic heterocycles. The van der Waals surface area contributed by atoms with Gasteiger partial charge in [0.2, 0.25) is 0 Å². The lowest BCUT2D eigenvalue weighted by Crippen LogP contribution is -2.31. The summed E-state index contributed by atoms with van der Waals surface area (Å²) >= 11 is 0. The molecule has 82 valence electrons. The molecule has 0 aromatic heterocycles. The maximum atomic E-state index is 11.2. The molecule has 0 saturated heterocycles. The van der Waals surface area contributed by atoms with Crippen LogP contribution in [0, 0.1) is 5.92 Å². The van der Waals surface area contributed by atoms with E-state index in [1.54, 1.807) is 0 Å². The summed E-state index contributed by atoms with van der Waals surface area (Å²) in [5, 5.41) is 2.82. The van der Waals surface area contributed by atoms with Gasteiger partial charge in [0.15, 0.2) is 0 Å². The molecule has 1 atom stereocenters. The standard InChI is InChI=1S/C12H17NO2/c1-9(2)11(13-12(14)15-3)10-7-5-4-6-8-10/h4-9,11H,1-3H3,(H,13,14)/t11-/m0/s1. The van der Waals surface area contributed by atoms with Crippen molar-refractivity contribution < 1.29 is 9.53 Å². The maximum Gasteiger partial charge on any atom is 0.407 e. The zero-order chi connectivity index (χ0) is 11.3. The van der Waals surface area contributed by atoms with Crippen LogP contribution in [0.15, 0.2) is 30.3 Å². The van der Waals surface area contributed by atoms with Crippen LogP contribution in [0.1, 0.15) is 25.5 Å². The first kappa shape index (κ1) is 11.6. The minimum Gasteiger partial charge on any atom is -0.453 e. The van der Waals surface area contributed by atoms with Crippen LogP contribution in [0.2, 0.25) is 0 Å². The summed E-state index contributed by atoms with van der Waals surface area (Å²) in [6.45, 7) is 4.13. The van der Waals surface area contributed by atoms with Gasteiger partial charge in [0.05, 0.1) is 13.2 Å². The number of hydrogen-bond donors (Lipinski definition) is 1. The van der Waals surface area contributed by atoms with Crippen molar-refractivity contribution in [3.8, 4) is 0 Å². The Kier molecular flexibility index (Phi) is 4.16. The molecule has 0 heterocycles. The van der Waals surface area contributed by atoms with Gasteiger partial charge in [-0.15, -0.1) is 0 Å². The lowest BCUT2D eigenvalue weighted by Gasteiger charge is -2.21. The Hall–Kier alpha value is -1.51. The first-order valence-corrected chi connectivity index (χ1v) is 5.04. The molecule has 0 aliphatic rings. The number of methoxy groups -OCH3 is 1. The average Bonchev–Trinajstić information content (AvgIpc) is 2.26. The monoisotopic (exact) mass is 207 g/mol. The molecule has 1 aromatic carbocycles. The van der Waals surface area contributed by atoms with Crippen molar-refractivity contribution >= 4 is 6.09 Å². The summed E-state index contributed by atoms with van der Waals surface area (Å²) in [6, 6.07) is 9.88. The number of benzene rings is 1. The molecule has 0 radical (unpaired) electrons. The number of amides is 1. The Bertz CT molecular complexity index is 309. The topological polar surface area (TPSA) is 38.3 Å². The number of hydrogen-bond acceptors (Lipinski definition) is 2. The van der Waals surface area contributed by atoms with Crippen molar-refractivity contribution in [3.05, 3.63) is 35.9 Å². The number of nitrogens with one attached hydrogen (secondary N) is 1. The Morgan fingerprint density at radius 2 is 1.87 bits per heavy atom. The molecule has 1 amide bonds. The molecular formula is C12H17NO2. The Morgan fingerprint density at radius 1 is 1.27 bits per heavy atom. The van der Waals surface area contributed by atoms with Gasteiger partial charge < -0.3 is 10.1 Å². The fraction of sp³-hybridized carbons (Fsp3) is 0.417. The first-order chi connectivity index (χ1) is 7.15. The highest BCUT2D eigenvalue weighted by Gasteiger charge is 2.17. The highest BCUT2D eigenvalue weighted by atomic mass is 16.5. The van der Waals surface area contributed by atoms with Gasteiger partial charge in [0, 0.05) is 0 Å². The predicted molar refractivity (Wildman–Crippen MR) is 59.6 cm³/mol. The number of carbonyl (C=O) groups excluding carboxylic acids is 1. The van der Waals surface area contributed by atoms with Gasteiger partial charge in [-0.05, 0) is 11.5 Å². The van der Waals surface area contributed by atoms with Crippen LogP contribution in [-0.4, -0.2) is 13.2 Å². The van der Waals surface area contributed by atoms with Crippen LogP contribution in [0.3, 0.4) is 0 Å². The minimum absolute atomic E-state index is 0.00125. The summed E-state index contributed by atoms with van der Waals surface area (Å²) in [5.41, 5.74) is 1.10. The first-order valence-electron chi connectivity index (χ1n) is 5.04. The van der Waals surface area contributed by atoms with Gasteiger partial charge in [-0.1, -0.05) is 44.2 Å². The quantitative estimate of drug-likeness (QED) is 0.827. The van der Waals surface area contributed by atoms with Crippen molar-refractivity contribution in [1.82, 2.24) is 5.32 Å². The summed E-state index contributed by atoms with van der Waals surface area (Å²) < 4.78 is 4.60. The van der Waals surface area contributed by atoms with E-state index in [4.69, 9.17) is 0 Å². The van der Waals surface area contributed by atoms with Crippen molar-refractivity contribution in [2.75, 3.05) is 7.11 Å². The summed E-state index contributed by atoms with van der Waals surface area (Å²) in [4.78, 5) is 11.2. The molecule has 3 heteroatoms. The van der Waals surface area contributed by atoms with E-state index in [-0.39, 0.29) is 6.04 Å². The Morgan fingerprint density at radius 3 is 2.33 bits per heavy atom. The third-order valence-electron chi connectivity index (χ3n) is 2.28. The van der Waals surface area contributed by atoms with Crippen LogP contribution < -0.4 is 5.32 Å². The van der Waals surface area contributed by atoms with Gasteiger partial charge in [0.25, 0.3) is 0 Å². The van der Waals surface area contributed by atoms with Gasteiger partial charge >= 0.3 is 6.09 Å². The molecule has 0 saturated carbocycles. The average molecular weight is 207 g/mol. The van der Waals surface area contributed by atoms with Crippen LogP contribution in [-0.2, 0) is 4.74 Å². The number of alkyl carbamates (subject to hydrolysis) is 1. The second-order valence-electron chi connectivity index (χ2n) is 3.77. The highest BCUT2D eigenvalue weighted by Crippen LogP contribution is 2.21. The van der Waals surface area contributed by atoms with E-state index in [0.29, 0.717) is 5.92 Å². The fourth-order valence-corrected chi connectivity index (χ4v) is 1.48. The van der Waals surface area contributed by atoms with E-state index in [9.17, 15) is 4.79 Å². The third-order valence-corrected chi connectivity index (χ3v) is 2.28. The number of ether oxygens (including phenoxy) is 1. The largest absolute Gasteiger partial charge is 0.453 e. The second kappa shape index (κ2) is 5.39. The van der Waals surface area contributed by atoms with Crippen LogP contribution >= 0.6 is 0 Å². The lowest BCUT2D eigenvalue weighted by atomic mass is 9.96. The normalized spacial score (nSPS) is 12.3.